The highest BCUT2D eigenvalue weighted by Gasteiger charge is 2.19. The summed E-state index contributed by atoms with van der Waals surface area (Å²) in [5, 5.41) is 15.0. The van der Waals surface area contributed by atoms with Crippen molar-refractivity contribution in [1.29, 1.82) is 0 Å². The molecule has 4 nitrogen and oxygen atoms in total. The van der Waals surface area contributed by atoms with Gasteiger partial charge in [-0.15, -0.1) is 11.8 Å². The van der Waals surface area contributed by atoms with Gasteiger partial charge in [0, 0.05) is 22.7 Å². The van der Waals surface area contributed by atoms with E-state index >= 15 is 0 Å². The Morgan fingerprint density at radius 1 is 1.47 bits per heavy atom. The molecule has 0 heterocycles. The van der Waals surface area contributed by atoms with Crippen LogP contribution in [0.25, 0.3) is 0 Å². The molecule has 1 rings (SSSR count). The monoisotopic (exact) mass is 302 g/mol. The minimum absolute atomic E-state index is 0.0293. The molecule has 0 bridgehead atoms. The molecule has 0 atom stereocenters. The second kappa shape index (κ2) is 7.03. The molecule has 3 N–H and O–H groups in total. The highest BCUT2D eigenvalue weighted by Crippen LogP contribution is 2.27. The summed E-state index contributed by atoms with van der Waals surface area (Å²) in [5.41, 5.74) is 0.182. The van der Waals surface area contributed by atoms with Crippen molar-refractivity contribution in [2.75, 3.05) is 18.2 Å². The number of rotatable bonds is 5. The molecule has 1 aromatic carbocycles. The third-order valence-corrected chi connectivity index (χ3v) is 3.82. The van der Waals surface area contributed by atoms with Gasteiger partial charge in [-0.25, -0.2) is 4.79 Å². The fourth-order valence-electron chi connectivity index (χ4n) is 1.56. The van der Waals surface area contributed by atoms with Gasteiger partial charge in [0.25, 0.3) is 0 Å². The minimum Gasteiger partial charge on any atom is -0.396 e. The number of benzene rings is 1. The average molecular weight is 303 g/mol. The molecule has 19 heavy (non-hydrogen) atoms. The molecule has 0 aliphatic rings. The second-order valence-corrected chi connectivity index (χ2v) is 6.04. The molecule has 0 saturated carbocycles. The summed E-state index contributed by atoms with van der Waals surface area (Å²) in [5.74, 6) is 0. The number of anilines is 1. The first-order chi connectivity index (χ1) is 8.88. The highest BCUT2D eigenvalue weighted by atomic mass is 35.5. The lowest BCUT2D eigenvalue weighted by atomic mass is 10.0. The Hall–Kier alpha value is -0.910. The van der Waals surface area contributed by atoms with Gasteiger partial charge in [0.05, 0.1) is 5.02 Å². The van der Waals surface area contributed by atoms with Crippen molar-refractivity contribution in [3.63, 3.8) is 0 Å². The number of halogens is 1. The lowest BCUT2D eigenvalue weighted by molar-refractivity contribution is 0.218. The average Bonchev–Trinajstić information content (AvgIpc) is 2.27. The van der Waals surface area contributed by atoms with Crippen molar-refractivity contribution < 1.29 is 9.90 Å². The quantitative estimate of drug-likeness (QED) is 0.731. The van der Waals surface area contributed by atoms with Gasteiger partial charge in [0.15, 0.2) is 0 Å². The first-order valence-corrected chi connectivity index (χ1v) is 7.52. The van der Waals surface area contributed by atoms with E-state index in [9.17, 15) is 4.79 Å². The Labute approximate surface area is 122 Å². The third-order valence-electron chi connectivity index (χ3n) is 2.60. The van der Waals surface area contributed by atoms with E-state index in [0.717, 1.165) is 4.90 Å². The van der Waals surface area contributed by atoms with Crippen LogP contribution in [0.15, 0.2) is 23.1 Å². The Bertz CT molecular complexity index is 452. The molecule has 0 radical (unpaired) electrons. The predicted octanol–water partition coefficient (Wildman–Crippen LogP) is 3.34. The van der Waals surface area contributed by atoms with Crippen LogP contribution in [0.5, 0.6) is 0 Å². The third kappa shape index (κ3) is 5.30. The van der Waals surface area contributed by atoms with Gasteiger partial charge in [-0.05, 0) is 44.7 Å². The topological polar surface area (TPSA) is 61.4 Å². The maximum atomic E-state index is 11.8. The smallest absolute Gasteiger partial charge is 0.319 e. The molecule has 1 aromatic rings. The fourth-order valence-corrected chi connectivity index (χ4v) is 2.43. The Morgan fingerprint density at radius 2 is 2.16 bits per heavy atom. The van der Waals surface area contributed by atoms with E-state index in [1.807, 2.05) is 26.2 Å². The van der Waals surface area contributed by atoms with Crippen LogP contribution >= 0.6 is 23.4 Å². The first-order valence-electron chi connectivity index (χ1n) is 5.91. The Kier molecular flexibility index (Phi) is 5.97. The van der Waals surface area contributed by atoms with Gasteiger partial charge >= 0.3 is 6.03 Å². The summed E-state index contributed by atoms with van der Waals surface area (Å²) in [7, 11) is 0. The summed E-state index contributed by atoms with van der Waals surface area (Å²) in [6.07, 6.45) is 2.44. The van der Waals surface area contributed by atoms with Crippen LogP contribution in [-0.2, 0) is 0 Å². The standard InChI is InChI=1S/C13H19ClN2O2S/c1-13(2,6-7-17)16-12(18)15-9-4-5-11(19-3)10(14)8-9/h4-5,8,17H,6-7H2,1-3H3,(H2,15,16,18). The number of aliphatic hydroxyl groups is 1. The lowest BCUT2D eigenvalue weighted by Gasteiger charge is -2.25. The van der Waals surface area contributed by atoms with E-state index in [4.69, 9.17) is 16.7 Å². The zero-order valence-electron chi connectivity index (χ0n) is 11.3. The summed E-state index contributed by atoms with van der Waals surface area (Å²) >= 11 is 7.62. The summed E-state index contributed by atoms with van der Waals surface area (Å²) in [6.45, 7) is 3.74. The highest BCUT2D eigenvalue weighted by molar-refractivity contribution is 7.98. The Morgan fingerprint density at radius 3 is 2.68 bits per heavy atom. The molecule has 6 heteroatoms. The van der Waals surface area contributed by atoms with Crippen molar-refractivity contribution in [3.8, 4) is 0 Å². The molecule has 106 valence electrons. The number of aliphatic hydroxyl groups excluding tert-OH is 1. The largest absolute Gasteiger partial charge is 0.396 e. The maximum absolute atomic E-state index is 11.8. The van der Waals surface area contributed by atoms with Crippen molar-refractivity contribution in [3.05, 3.63) is 23.2 Å². The van der Waals surface area contributed by atoms with Crippen molar-refractivity contribution >= 4 is 35.1 Å². The van der Waals surface area contributed by atoms with Crippen LogP contribution in [0.4, 0.5) is 10.5 Å². The molecule has 2 amide bonds. The lowest BCUT2D eigenvalue weighted by Crippen LogP contribution is -2.46. The molecule has 0 spiro atoms. The van der Waals surface area contributed by atoms with E-state index < -0.39 is 5.54 Å². The maximum Gasteiger partial charge on any atom is 0.319 e. The zero-order chi connectivity index (χ0) is 14.5. The molecule has 0 saturated heterocycles. The van der Waals surface area contributed by atoms with E-state index in [0.29, 0.717) is 17.1 Å². The van der Waals surface area contributed by atoms with Gasteiger partial charge in [-0.3, -0.25) is 0 Å². The molecule has 0 aliphatic heterocycles. The van der Waals surface area contributed by atoms with E-state index in [1.165, 1.54) is 0 Å². The van der Waals surface area contributed by atoms with Crippen LogP contribution in [0.1, 0.15) is 20.3 Å². The van der Waals surface area contributed by atoms with E-state index in [2.05, 4.69) is 10.6 Å². The van der Waals surface area contributed by atoms with Gasteiger partial charge in [-0.1, -0.05) is 11.6 Å². The molecular weight excluding hydrogens is 284 g/mol. The van der Waals surface area contributed by atoms with E-state index in [1.54, 1.807) is 23.9 Å². The number of urea groups is 1. The minimum atomic E-state index is -0.457. The molecule has 0 unspecified atom stereocenters. The van der Waals surface area contributed by atoms with Gasteiger partial charge < -0.3 is 15.7 Å². The fraction of sp³-hybridized carbons (Fsp3) is 0.462. The van der Waals surface area contributed by atoms with Crippen LogP contribution in [-0.4, -0.2) is 29.5 Å². The number of amides is 2. The number of thioether (sulfide) groups is 1. The van der Waals surface area contributed by atoms with Crippen molar-refractivity contribution in [1.82, 2.24) is 5.32 Å². The Balaban J connectivity index is 2.64. The normalized spacial score (nSPS) is 11.2. The number of nitrogens with one attached hydrogen (secondary N) is 2. The van der Waals surface area contributed by atoms with Crippen LogP contribution in [0.2, 0.25) is 5.02 Å². The second-order valence-electron chi connectivity index (χ2n) is 4.79. The van der Waals surface area contributed by atoms with E-state index in [-0.39, 0.29) is 12.6 Å². The molecular formula is C13H19ClN2O2S. The van der Waals surface area contributed by atoms with Gasteiger partial charge in [0.1, 0.15) is 0 Å². The van der Waals surface area contributed by atoms with Crippen molar-refractivity contribution in [2.45, 2.75) is 30.7 Å². The number of hydrogen-bond acceptors (Lipinski definition) is 3. The first kappa shape index (κ1) is 16.1. The van der Waals surface area contributed by atoms with Gasteiger partial charge in [-0.2, -0.15) is 0 Å². The summed E-state index contributed by atoms with van der Waals surface area (Å²) in [6, 6.07) is 5.07. The molecule has 0 aliphatic carbocycles. The SMILES string of the molecule is CSc1ccc(NC(=O)NC(C)(C)CCO)cc1Cl. The number of carbonyl (C=O) groups is 1. The number of carbonyl (C=O) groups excluding carboxylic acids is 1. The summed E-state index contributed by atoms with van der Waals surface area (Å²) < 4.78 is 0. The van der Waals surface area contributed by atoms with Gasteiger partial charge in [0.2, 0.25) is 0 Å². The van der Waals surface area contributed by atoms with Crippen LogP contribution in [0, 0.1) is 0 Å². The molecule has 0 fully saturated rings. The van der Waals surface area contributed by atoms with Crippen molar-refractivity contribution in [2.24, 2.45) is 0 Å². The number of hydrogen-bond donors (Lipinski definition) is 3. The summed E-state index contributed by atoms with van der Waals surface area (Å²) in [4.78, 5) is 12.8. The predicted molar refractivity (Wildman–Crippen MR) is 81.2 cm³/mol. The zero-order valence-corrected chi connectivity index (χ0v) is 12.9. The van der Waals surface area contributed by atoms with Crippen LogP contribution in [0.3, 0.4) is 0 Å². The molecule has 0 aromatic heterocycles. The van der Waals surface area contributed by atoms with Crippen LogP contribution < -0.4 is 10.6 Å².